The van der Waals surface area contributed by atoms with Gasteiger partial charge in [-0.05, 0) is 25.3 Å². The number of aromatic nitrogens is 2. The normalized spacial score (nSPS) is 12.6. The lowest BCUT2D eigenvalue weighted by Crippen LogP contribution is -2.09. The Kier molecular flexibility index (Phi) is 4.43. The van der Waals surface area contributed by atoms with Crippen LogP contribution in [0.15, 0.2) is 34.0 Å². The zero-order valence-electron chi connectivity index (χ0n) is 10.2. The van der Waals surface area contributed by atoms with Gasteiger partial charge in [0.2, 0.25) is 5.88 Å². The molecule has 2 aromatic heterocycles. The van der Waals surface area contributed by atoms with Crippen molar-refractivity contribution in [1.29, 1.82) is 0 Å². The highest BCUT2D eigenvalue weighted by molar-refractivity contribution is 7.86. The van der Waals surface area contributed by atoms with Crippen molar-refractivity contribution in [3.05, 3.63) is 35.6 Å². The minimum absolute atomic E-state index is 0.0653. The maximum atomic E-state index is 12.0. The number of rotatable bonds is 5. The molecule has 0 aliphatic rings. The summed E-state index contributed by atoms with van der Waals surface area (Å²) in [6.07, 6.45) is 1.70. The number of hydrogen-bond donors (Lipinski definition) is 0. The standard InChI is InChI=1S/C12H14N2O2S2/c1-9(2)16-11-5-6-13-10(14-11)8-18(15)12-4-3-7-17-12/h3-7,9H,8H2,1-2H3. The van der Waals surface area contributed by atoms with E-state index in [1.807, 2.05) is 31.4 Å². The van der Waals surface area contributed by atoms with Crippen LogP contribution in [0.5, 0.6) is 5.88 Å². The molecule has 0 saturated carbocycles. The van der Waals surface area contributed by atoms with Crippen LogP contribution in [-0.4, -0.2) is 20.3 Å². The molecular weight excluding hydrogens is 268 g/mol. The summed E-state index contributed by atoms with van der Waals surface area (Å²) in [5.41, 5.74) is 0. The monoisotopic (exact) mass is 282 g/mol. The van der Waals surface area contributed by atoms with E-state index in [0.717, 1.165) is 4.21 Å². The smallest absolute Gasteiger partial charge is 0.216 e. The molecule has 0 aromatic carbocycles. The lowest BCUT2D eigenvalue weighted by atomic mass is 10.5. The summed E-state index contributed by atoms with van der Waals surface area (Å²) in [4.78, 5) is 8.36. The molecule has 0 N–H and O–H groups in total. The molecule has 4 nitrogen and oxygen atoms in total. The van der Waals surface area contributed by atoms with Crippen LogP contribution in [0, 0.1) is 0 Å². The number of ether oxygens (including phenoxy) is 1. The van der Waals surface area contributed by atoms with E-state index in [1.54, 1.807) is 12.3 Å². The Labute approximate surface area is 113 Å². The summed E-state index contributed by atoms with van der Waals surface area (Å²) in [5, 5.41) is 1.91. The van der Waals surface area contributed by atoms with Gasteiger partial charge in [-0.3, -0.25) is 4.21 Å². The molecule has 0 radical (unpaired) electrons. The van der Waals surface area contributed by atoms with Gasteiger partial charge < -0.3 is 4.74 Å². The summed E-state index contributed by atoms with van der Waals surface area (Å²) in [7, 11) is -1.09. The first kappa shape index (κ1) is 13.2. The third kappa shape index (κ3) is 3.61. The molecule has 0 spiro atoms. The van der Waals surface area contributed by atoms with Crippen molar-refractivity contribution in [3.63, 3.8) is 0 Å². The molecule has 0 fully saturated rings. The predicted octanol–water partition coefficient (Wildman–Crippen LogP) is 2.63. The molecule has 0 amide bonds. The largest absolute Gasteiger partial charge is 0.475 e. The van der Waals surface area contributed by atoms with Crippen LogP contribution >= 0.6 is 11.3 Å². The number of nitrogens with zero attached hydrogens (tertiary/aromatic N) is 2. The number of thiophene rings is 1. The molecule has 18 heavy (non-hydrogen) atoms. The molecule has 2 heterocycles. The van der Waals surface area contributed by atoms with Gasteiger partial charge in [0, 0.05) is 12.3 Å². The van der Waals surface area contributed by atoms with Crippen LogP contribution in [0.25, 0.3) is 0 Å². The summed E-state index contributed by atoms with van der Waals surface area (Å²) in [6.45, 7) is 3.87. The molecule has 6 heteroatoms. The van der Waals surface area contributed by atoms with Crippen LogP contribution in [0.1, 0.15) is 19.7 Å². The van der Waals surface area contributed by atoms with Crippen LogP contribution in [0.4, 0.5) is 0 Å². The molecule has 0 aliphatic carbocycles. The molecule has 1 unspecified atom stereocenters. The van der Waals surface area contributed by atoms with Gasteiger partial charge in [0.1, 0.15) is 5.82 Å². The van der Waals surface area contributed by atoms with Gasteiger partial charge in [-0.15, -0.1) is 11.3 Å². The fraction of sp³-hybridized carbons (Fsp3) is 0.333. The van der Waals surface area contributed by atoms with Crippen LogP contribution in [-0.2, 0) is 16.6 Å². The first-order chi connectivity index (χ1) is 8.65. The minimum Gasteiger partial charge on any atom is -0.475 e. The van der Waals surface area contributed by atoms with Crippen molar-refractivity contribution in [3.8, 4) is 5.88 Å². The van der Waals surface area contributed by atoms with Crippen LogP contribution in [0.2, 0.25) is 0 Å². The first-order valence-electron chi connectivity index (χ1n) is 5.55. The van der Waals surface area contributed by atoms with Gasteiger partial charge in [-0.1, -0.05) is 6.07 Å². The highest BCUT2D eigenvalue weighted by atomic mass is 32.2. The molecule has 0 saturated heterocycles. The average Bonchev–Trinajstić information content (AvgIpc) is 2.81. The van der Waals surface area contributed by atoms with E-state index in [2.05, 4.69) is 9.97 Å². The summed E-state index contributed by atoms with van der Waals surface area (Å²) < 4.78 is 18.3. The summed E-state index contributed by atoms with van der Waals surface area (Å²) >= 11 is 1.48. The topological polar surface area (TPSA) is 52.1 Å². The fourth-order valence-electron chi connectivity index (χ4n) is 1.34. The molecular formula is C12H14N2O2S2. The van der Waals surface area contributed by atoms with Gasteiger partial charge in [0.15, 0.2) is 0 Å². The van der Waals surface area contributed by atoms with Gasteiger partial charge in [-0.2, -0.15) is 4.98 Å². The summed E-state index contributed by atoms with van der Waals surface area (Å²) in [5.74, 6) is 1.38. The van der Waals surface area contributed by atoms with Gasteiger partial charge in [0.05, 0.1) is 26.9 Å². The van der Waals surface area contributed by atoms with E-state index >= 15 is 0 Å². The Morgan fingerprint density at radius 2 is 2.28 bits per heavy atom. The SMILES string of the molecule is CC(C)Oc1ccnc(CS(=O)c2cccs2)n1. The maximum Gasteiger partial charge on any atom is 0.216 e. The third-order valence-electron chi connectivity index (χ3n) is 2.02. The Hall–Kier alpha value is -1.27. The lowest BCUT2D eigenvalue weighted by molar-refractivity contribution is 0.231. The predicted molar refractivity (Wildman–Crippen MR) is 72.2 cm³/mol. The van der Waals surface area contributed by atoms with Gasteiger partial charge in [-0.25, -0.2) is 4.98 Å². The highest BCUT2D eigenvalue weighted by Crippen LogP contribution is 2.17. The molecule has 1 atom stereocenters. The van der Waals surface area contributed by atoms with E-state index in [-0.39, 0.29) is 6.10 Å². The summed E-state index contributed by atoms with van der Waals surface area (Å²) in [6, 6.07) is 5.45. The van der Waals surface area contributed by atoms with Crippen molar-refractivity contribution in [1.82, 2.24) is 9.97 Å². The second-order valence-corrected chi connectivity index (χ2v) is 6.53. The van der Waals surface area contributed by atoms with Crippen molar-refractivity contribution in [2.75, 3.05) is 0 Å². The highest BCUT2D eigenvalue weighted by Gasteiger charge is 2.09. The molecule has 2 rings (SSSR count). The molecule has 96 valence electrons. The van der Waals surface area contributed by atoms with E-state index < -0.39 is 10.8 Å². The van der Waals surface area contributed by atoms with Crippen molar-refractivity contribution in [2.45, 2.75) is 29.9 Å². The Morgan fingerprint density at radius 3 is 2.94 bits per heavy atom. The van der Waals surface area contributed by atoms with Gasteiger partial charge >= 0.3 is 0 Å². The minimum atomic E-state index is -1.09. The number of hydrogen-bond acceptors (Lipinski definition) is 5. The first-order valence-corrected chi connectivity index (χ1v) is 7.75. The van der Waals surface area contributed by atoms with E-state index in [0.29, 0.717) is 17.5 Å². The van der Waals surface area contributed by atoms with Crippen LogP contribution in [0.3, 0.4) is 0 Å². The van der Waals surface area contributed by atoms with Crippen molar-refractivity contribution < 1.29 is 8.95 Å². The Balaban J connectivity index is 2.07. The molecule has 0 aliphatic heterocycles. The van der Waals surface area contributed by atoms with Crippen molar-refractivity contribution >= 4 is 22.1 Å². The van der Waals surface area contributed by atoms with Crippen molar-refractivity contribution in [2.24, 2.45) is 0 Å². The third-order valence-corrected chi connectivity index (χ3v) is 4.63. The quantitative estimate of drug-likeness (QED) is 0.846. The maximum absolute atomic E-state index is 12.0. The average molecular weight is 282 g/mol. The Bertz CT molecular complexity index is 527. The second kappa shape index (κ2) is 6.06. The van der Waals surface area contributed by atoms with E-state index in [9.17, 15) is 4.21 Å². The lowest BCUT2D eigenvalue weighted by Gasteiger charge is -2.08. The van der Waals surface area contributed by atoms with Crippen LogP contribution < -0.4 is 4.74 Å². The fourth-order valence-corrected chi connectivity index (χ4v) is 3.31. The Morgan fingerprint density at radius 1 is 1.44 bits per heavy atom. The molecule has 0 bridgehead atoms. The van der Waals surface area contributed by atoms with E-state index in [4.69, 9.17) is 4.74 Å². The second-order valence-electron chi connectivity index (χ2n) is 3.90. The van der Waals surface area contributed by atoms with Gasteiger partial charge in [0.25, 0.3) is 0 Å². The van der Waals surface area contributed by atoms with E-state index in [1.165, 1.54) is 11.3 Å². The zero-order chi connectivity index (χ0) is 13.0. The zero-order valence-corrected chi connectivity index (χ0v) is 11.8. The molecule has 2 aromatic rings.